The minimum absolute atomic E-state index is 0.0345. The van der Waals surface area contributed by atoms with Gasteiger partial charge in [-0.3, -0.25) is 4.79 Å². The number of carbonyl (C=O) groups excluding carboxylic acids is 1. The number of rotatable bonds is 4. The van der Waals surface area contributed by atoms with E-state index in [0.717, 1.165) is 4.47 Å². The second-order valence-electron chi connectivity index (χ2n) is 5.34. The number of phenolic OH excluding ortho intramolecular Hbond substituents is 1. The fourth-order valence-corrected chi connectivity index (χ4v) is 2.81. The lowest BCUT2D eigenvalue weighted by atomic mass is 10.1. The van der Waals surface area contributed by atoms with Crippen molar-refractivity contribution in [2.24, 2.45) is 11.8 Å². The molecule has 0 unspecified atom stereocenters. The average Bonchev–Trinajstić information content (AvgIpc) is 3.17. The van der Waals surface area contributed by atoms with Gasteiger partial charge >= 0.3 is 0 Å². The first-order chi connectivity index (χ1) is 8.65. The van der Waals surface area contributed by atoms with Crippen LogP contribution in [0.4, 0.5) is 0 Å². The SMILES string of the molecule is O=C(NC(C1CC1)C1CC1)c1ccc(Br)cc1O. The van der Waals surface area contributed by atoms with Crippen LogP contribution in [0.15, 0.2) is 22.7 Å². The molecular formula is C14H16BrNO2. The minimum Gasteiger partial charge on any atom is -0.507 e. The molecule has 2 saturated carbocycles. The normalized spacial score (nSPS) is 19.0. The van der Waals surface area contributed by atoms with Gasteiger partial charge < -0.3 is 10.4 Å². The van der Waals surface area contributed by atoms with Gasteiger partial charge in [0.1, 0.15) is 5.75 Å². The molecule has 2 aliphatic carbocycles. The van der Waals surface area contributed by atoms with E-state index in [1.807, 2.05) is 0 Å². The van der Waals surface area contributed by atoms with Crippen molar-refractivity contribution in [3.63, 3.8) is 0 Å². The van der Waals surface area contributed by atoms with Crippen LogP contribution in [0.3, 0.4) is 0 Å². The zero-order valence-electron chi connectivity index (χ0n) is 10.0. The van der Waals surface area contributed by atoms with Gasteiger partial charge in [-0.15, -0.1) is 0 Å². The van der Waals surface area contributed by atoms with Crippen molar-refractivity contribution < 1.29 is 9.90 Å². The van der Waals surface area contributed by atoms with Gasteiger partial charge in [-0.05, 0) is 55.7 Å². The van der Waals surface area contributed by atoms with E-state index in [9.17, 15) is 9.90 Å². The Hall–Kier alpha value is -1.03. The molecule has 1 aromatic rings. The second kappa shape index (κ2) is 4.57. The van der Waals surface area contributed by atoms with Gasteiger partial charge in [-0.1, -0.05) is 15.9 Å². The van der Waals surface area contributed by atoms with Crippen molar-refractivity contribution in [3.8, 4) is 5.75 Å². The number of nitrogens with one attached hydrogen (secondary N) is 1. The molecular weight excluding hydrogens is 294 g/mol. The minimum atomic E-state index is -0.149. The molecule has 18 heavy (non-hydrogen) atoms. The maximum absolute atomic E-state index is 12.2. The molecule has 0 bridgehead atoms. The van der Waals surface area contributed by atoms with Crippen molar-refractivity contribution in [1.82, 2.24) is 5.32 Å². The monoisotopic (exact) mass is 309 g/mol. The Balaban J connectivity index is 1.73. The number of hydrogen-bond acceptors (Lipinski definition) is 2. The molecule has 1 amide bonds. The summed E-state index contributed by atoms with van der Waals surface area (Å²) in [7, 11) is 0. The highest BCUT2D eigenvalue weighted by Crippen LogP contribution is 2.44. The average molecular weight is 310 g/mol. The van der Waals surface area contributed by atoms with Gasteiger partial charge in [0.05, 0.1) is 5.56 Å². The van der Waals surface area contributed by atoms with Gasteiger partial charge in [0, 0.05) is 10.5 Å². The van der Waals surface area contributed by atoms with E-state index in [-0.39, 0.29) is 11.7 Å². The fourth-order valence-electron chi connectivity index (χ4n) is 2.46. The third kappa shape index (κ3) is 2.53. The number of amides is 1. The molecule has 2 aliphatic rings. The van der Waals surface area contributed by atoms with Crippen LogP contribution in [-0.2, 0) is 0 Å². The topological polar surface area (TPSA) is 49.3 Å². The van der Waals surface area contributed by atoms with Crippen molar-refractivity contribution >= 4 is 21.8 Å². The molecule has 0 radical (unpaired) electrons. The molecule has 0 atom stereocenters. The zero-order chi connectivity index (χ0) is 12.7. The lowest BCUT2D eigenvalue weighted by Gasteiger charge is -2.18. The molecule has 2 N–H and O–H groups in total. The molecule has 3 rings (SSSR count). The standard InChI is InChI=1S/C14H16BrNO2/c15-10-5-6-11(12(17)7-10)14(18)16-13(8-1-2-8)9-3-4-9/h5-9,13,17H,1-4H2,(H,16,18). The third-order valence-electron chi connectivity index (χ3n) is 3.76. The van der Waals surface area contributed by atoms with Crippen LogP contribution in [0, 0.1) is 11.8 Å². The van der Waals surface area contributed by atoms with E-state index in [1.165, 1.54) is 25.7 Å². The highest BCUT2D eigenvalue weighted by molar-refractivity contribution is 9.10. The zero-order valence-corrected chi connectivity index (χ0v) is 11.6. The van der Waals surface area contributed by atoms with Crippen LogP contribution >= 0.6 is 15.9 Å². The number of benzene rings is 1. The Morgan fingerprint density at radius 2 is 1.89 bits per heavy atom. The van der Waals surface area contributed by atoms with E-state index >= 15 is 0 Å². The first-order valence-electron chi connectivity index (χ1n) is 6.44. The Kier molecular flexibility index (Phi) is 3.06. The Bertz CT molecular complexity index is 469. The fraction of sp³-hybridized carbons (Fsp3) is 0.500. The summed E-state index contributed by atoms with van der Waals surface area (Å²) in [5.74, 6) is 1.22. The van der Waals surface area contributed by atoms with Gasteiger partial charge in [0.15, 0.2) is 0 Å². The number of phenols is 1. The lowest BCUT2D eigenvalue weighted by Crippen LogP contribution is -2.38. The summed E-state index contributed by atoms with van der Waals surface area (Å²) in [4.78, 5) is 12.2. The Labute approximate surface area is 115 Å². The first kappa shape index (κ1) is 12.0. The molecule has 96 valence electrons. The molecule has 0 aromatic heterocycles. The van der Waals surface area contributed by atoms with Crippen molar-refractivity contribution in [2.75, 3.05) is 0 Å². The summed E-state index contributed by atoms with van der Waals surface area (Å²) in [5, 5.41) is 12.9. The summed E-state index contributed by atoms with van der Waals surface area (Å²) in [5.41, 5.74) is 0.365. The molecule has 3 nitrogen and oxygen atoms in total. The molecule has 4 heteroatoms. The first-order valence-corrected chi connectivity index (χ1v) is 7.24. The Morgan fingerprint density at radius 3 is 2.39 bits per heavy atom. The number of carbonyl (C=O) groups is 1. The van der Waals surface area contributed by atoms with E-state index < -0.39 is 0 Å². The third-order valence-corrected chi connectivity index (χ3v) is 4.26. The van der Waals surface area contributed by atoms with Gasteiger partial charge in [-0.2, -0.15) is 0 Å². The lowest BCUT2D eigenvalue weighted by molar-refractivity contribution is 0.0923. The van der Waals surface area contributed by atoms with Crippen LogP contribution in [0.1, 0.15) is 36.0 Å². The maximum Gasteiger partial charge on any atom is 0.255 e. The largest absolute Gasteiger partial charge is 0.507 e. The van der Waals surface area contributed by atoms with Crippen molar-refractivity contribution in [3.05, 3.63) is 28.2 Å². The molecule has 2 fully saturated rings. The summed E-state index contributed by atoms with van der Waals surface area (Å²) in [6.07, 6.45) is 4.92. The van der Waals surface area contributed by atoms with Crippen LogP contribution in [-0.4, -0.2) is 17.1 Å². The van der Waals surface area contributed by atoms with E-state index in [2.05, 4.69) is 21.2 Å². The summed E-state index contributed by atoms with van der Waals surface area (Å²) in [6, 6.07) is 5.31. The van der Waals surface area contributed by atoms with E-state index in [4.69, 9.17) is 0 Å². The smallest absolute Gasteiger partial charge is 0.255 e. The van der Waals surface area contributed by atoms with E-state index in [0.29, 0.717) is 23.4 Å². The van der Waals surface area contributed by atoms with Crippen LogP contribution in [0.2, 0.25) is 0 Å². The van der Waals surface area contributed by atoms with E-state index in [1.54, 1.807) is 18.2 Å². The Morgan fingerprint density at radius 1 is 1.28 bits per heavy atom. The quantitative estimate of drug-likeness (QED) is 0.898. The highest BCUT2D eigenvalue weighted by Gasteiger charge is 2.42. The highest BCUT2D eigenvalue weighted by atomic mass is 79.9. The van der Waals surface area contributed by atoms with Crippen LogP contribution in [0.5, 0.6) is 5.75 Å². The van der Waals surface area contributed by atoms with Gasteiger partial charge in [-0.25, -0.2) is 0 Å². The van der Waals surface area contributed by atoms with Crippen molar-refractivity contribution in [2.45, 2.75) is 31.7 Å². The number of aromatic hydroxyl groups is 1. The summed E-state index contributed by atoms with van der Waals surface area (Å²) in [6.45, 7) is 0. The molecule has 1 aromatic carbocycles. The number of hydrogen-bond donors (Lipinski definition) is 2. The van der Waals surface area contributed by atoms with Gasteiger partial charge in [0.2, 0.25) is 0 Å². The summed E-state index contributed by atoms with van der Waals surface area (Å²) < 4.78 is 0.775. The molecule has 0 heterocycles. The van der Waals surface area contributed by atoms with Crippen LogP contribution < -0.4 is 5.32 Å². The van der Waals surface area contributed by atoms with Crippen molar-refractivity contribution in [1.29, 1.82) is 0 Å². The number of halogens is 1. The van der Waals surface area contributed by atoms with Crippen LogP contribution in [0.25, 0.3) is 0 Å². The molecule has 0 saturated heterocycles. The molecule has 0 aliphatic heterocycles. The maximum atomic E-state index is 12.2. The summed E-state index contributed by atoms with van der Waals surface area (Å²) >= 11 is 3.27. The predicted molar refractivity (Wildman–Crippen MR) is 72.5 cm³/mol. The second-order valence-corrected chi connectivity index (χ2v) is 6.25. The predicted octanol–water partition coefficient (Wildman–Crippen LogP) is 3.07. The van der Waals surface area contributed by atoms with Gasteiger partial charge in [0.25, 0.3) is 5.91 Å². The molecule has 0 spiro atoms.